The van der Waals surface area contributed by atoms with Crippen LogP contribution in [0, 0.1) is 5.82 Å². The van der Waals surface area contributed by atoms with Gasteiger partial charge < -0.3 is 4.74 Å². The summed E-state index contributed by atoms with van der Waals surface area (Å²) in [6, 6.07) is 7.22. The molecule has 11 heteroatoms. The molecular formula is C17H20ClFN2O5S2. The van der Waals surface area contributed by atoms with Crippen molar-refractivity contribution in [1.29, 1.82) is 0 Å². The van der Waals surface area contributed by atoms with Crippen LogP contribution in [0.2, 0.25) is 5.02 Å². The molecule has 0 amide bonds. The zero-order chi connectivity index (χ0) is 21.1. The average molecular weight is 451 g/mol. The standard InChI is InChI=1S/C17H20ClFN2O5S2/c1-11(2)20-28(24,25)12-7-8-17(26-3)16(9-12)21-27(22,23)10-13-14(18)5-4-6-15(13)19/h4-9,11,20-21H,10H2,1-3H3. The van der Waals surface area contributed by atoms with E-state index in [-0.39, 0.29) is 33.0 Å². The highest BCUT2D eigenvalue weighted by atomic mass is 35.5. The Morgan fingerprint density at radius 3 is 2.39 bits per heavy atom. The van der Waals surface area contributed by atoms with E-state index in [0.29, 0.717) is 0 Å². The molecular weight excluding hydrogens is 431 g/mol. The normalized spacial score (nSPS) is 12.2. The van der Waals surface area contributed by atoms with E-state index in [2.05, 4.69) is 9.44 Å². The minimum Gasteiger partial charge on any atom is -0.495 e. The number of hydrogen-bond donors (Lipinski definition) is 2. The summed E-state index contributed by atoms with van der Waals surface area (Å²) in [6.07, 6.45) is 0. The summed E-state index contributed by atoms with van der Waals surface area (Å²) in [4.78, 5) is -0.149. The number of hydrogen-bond acceptors (Lipinski definition) is 5. The van der Waals surface area contributed by atoms with Crippen molar-refractivity contribution >= 4 is 37.3 Å². The minimum absolute atomic E-state index is 0.0326. The Balaban J connectivity index is 2.40. The van der Waals surface area contributed by atoms with E-state index in [4.69, 9.17) is 16.3 Å². The highest BCUT2D eigenvalue weighted by Gasteiger charge is 2.22. The zero-order valence-electron chi connectivity index (χ0n) is 15.4. The Morgan fingerprint density at radius 1 is 1.14 bits per heavy atom. The van der Waals surface area contributed by atoms with Crippen LogP contribution in [0.15, 0.2) is 41.3 Å². The first-order chi connectivity index (χ1) is 12.9. The molecule has 0 saturated heterocycles. The number of sulfonamides is 2. The third-order valence-corrected chi connectivity index (χ3v) is 6.74. The lowest BCUT2D eigenvalue weighted by atomic mass is 10.2. The lowest BCUT2D eigenvalue weighted by molar-refractivity contribution is 0.416. The molecule has 2 aromatic carbocycles. The second kappa shape index (κ2) is 8.64. The largest absolute Gasteiger partial charge is 0.495 e. The van der Waals surface area contributed by atoms with Crippen molar-refractivity contribution in [3.05, 3.63) is 52.8 Å². The van der Waals surface area contributed by atoms with Gasteiger partial charge in [-0.1, -0.05) is 17.7 Å². The van der Waals surface area contributed by atoms with Gasteiger partial charge in [0.1, 0.15) is 11.6 Å². The number of nitrogens with one attached hydrogen (secondary N) is 2. The van der Waals surface area contributed by atoms with E-state index in [1.165, 1.54) is 31.4 Å². The van der Waals surface area contributed by atoms with Crippen LogP contribution in [-0.2, 0) is 25.8 Å². The number of rotatable bonds is 8. The zero-order valence-corrected chi connectivity index (χ0v) is 17.8. The summed E-state index contributed by atoms with van der Waals surface area (Å²) in [5.74, 6) is -1.39. The van der Waals surface area contributed by atoms with Crippen molar-refractivity contribution in [2.75, 3.05) is 11.8 Å². The molecule has 0 atom stereocenters. The van der Waals surface area contributed by atoms with Gasteiger partial charge in [-0.05, 0) is 44.2 Å². The van der Waals surface area contributed by atoms with E-state index in [1.54, 1.807) is 13.8 Å². The molecule has 0 unspecified atom stereocenters. The van der Waals surface area contributed by atoms with Gasteiger partial charge in [-0.3, -0.25) is 4.72 Å². The maximum atomic E-state index is 13.9. The molecule has 0 spiro atoms. The van der Waals surface area contributed by atoms with Crippen molar-refractivity contribution < 1.29 is 26.0 Å². The molecule has 7 nitrogen and oxygen atoms in total. The summed E-state index contributed by atoms with van der Waals surface area (Å²) in [5, 5.41) is -0.0326. The molecule has 0 aliphatic rings. The first-order valence-corrected chi connectivity index (χ1v) is 11.6. The van der Waals surface area contributed by atoms with Crippen LogP contribution in [0.3, 0.4) is 0 Å². The molecule has 2 aromatic rings. The van der Waals surface area contributed by atoms with Crippen LogP contribution in [0.1, 0.15) is 19.4 Å². The van der Waals surface area contributed by atoms with Crippen LogP contribution in [-0.4, -0.2) is 30.0 Å². The van der Waals surface area contributed by atoms with Crippen LogP contribution in [0.4, 0.5) is 10.1 Å². The molecule has 28 heavy (non-hydrogen) atoms. The van der Waals surface area contributed by atoms with E-state index in [9.17, 15) is 21.2 Å². The highest BCUT2D eigenvalue weighted by molar-refractivity contribution is 7.92. The molecule has 0 heterocycles. The van der Waals surface area contributed by atoms with Crippen molar-refractivity contribution in [1.82, 2.24) is 4.72 Å². The summed E-state index contributed by atoms with van der Waals surface area (Å²) in [7, 11) is -6.67. The molecule has 0 aromatic heterocycles. The molecule has 0 aliphatic heterocycles. The average Bonchev–Trinajstić information content (AvgIpc) is 2.57. The quantitative estimate of drug-likeness (QED) is 0.643. The van der Waals surface area contributed by atoms with Crippen LogP contribution in [0.5, 0.6) is 5.75 Å². The third kappa shape index (κ3) is 5.57. The highest BCUT2D eigenvalue weighted by Crippen LogP contribution is 2.30. The third-order valence-electron chi connectivity index (χ3n) is 3.53. The van der Waals surface area contributed by atoms with Gasteiger partial charge in [0, 0.05) is 16.6 Å². The van der Waals surface area contributed by atoms with Gasteiger partial charge in [0.15, 0.2) is 0 Å². The summed E-state index contributed by atoms with van der Waals surface area (Å²) in [6.45, 7) is 3.31. The maximum absolute atomic E-state index is 13.9. The smallest absolute Gasteiger partial charge is 0.240 e. The van der Waals surface area contributed by atoms with Gasteiger partial charge in [0.2, 0.25) is 20.0 Å². The molecule has 0 saturated carbocycles. The summed E-state index contributed by atoms with van der Waals surface area (Å²) >= 11 is 5.89. The Morgan fingerprint density at radius 2 is 1.82 bits per heavy atom. The Hall–Kier alpha value is -1.88. The fourth-order valence-electron chi connectivity index (χ4n) is 2.38. The molecule has 0 fully saturated rings. The van der Waals surface area contributed by atoms with Crippen molar-refractivity contribution in [3.63, 3.8) is 0 Å². The SMILES string of the molecule is COc1ccc(S(=O)(=O)NC(C)C)cc1NS(=O)(=O)Cc1c(F)cccc1Cl. The topological polar surface area (TPSA) is 102 Å². The lowest BCUT2D eigenvalue weighted by Gasteiger charge is -2.15. The predicted octanol–water partition coefficient (Wildman–Crippen LogP) is 3.12. The number of benzene rings is 2. The molecule has 0 bridgehead atoms. The van der Waals surface area contributed by atoms with E-state index in [1.807, 2.05) is 0 Å². The fraction of sp³-hybridized carbons (Fsp3) is 0.294. The van der Waals surface area contributed by atoms with E-state index < -0.39 is 31.6 Å². The lowest BCUT2D eigenvalue weighted by Crippen LogP contribution is -2.30. The number of anilines is 1. The predicted molar refractivity (Wildman–Crippen MR) is 106 cm³/mol. The van der Waals surface area contributed by atoms with Crippen LogP contribution in [0.25, 0.3) is 0 Å². The monoisotopic (exact) mass is 450 g/mol. The number of halogens is 2. The summed E-state index contributed by atoms with van der Waals surface area (Å²) < 4.78 is 73.4. The Bertz CT molecular complexity index is 1050. The van der Waals surface area contributed by atoms with Crippen molar-refractivity contribution in [2.45, 2.75) is 30.5 Å². The van der Waals surface area contributed by atoms with Crippen molar-refractivity contribution in [2.24, 2.45) is 0 Å². The Kier molecular flexibility index (Phi) is 6.92. The first-order valence-electron chi connectivity index (χ1n) is 8.09. The maximum Gasteiger partial charge on any atom is 0.240 e. The number of methoxy groups -OCH3 is 1. The first kappa shape index (κ1) is 22.4. The Labute approximate surface area is 169 Å². The molecule has 2 rings (SSSR count). The minimum atomic E-state index is -4.12. The van der Waals surface area contributed by atoms with Gasteiger partial charge in [0.25, 0.3) is 0 Å². The molecule has 0 radical (unpaired) electrons. The fourth-order valence-corrected chi connectivity index (χ4v) is 5.20. The second-order valence-electron chi connectivity index (χ2n) is 6.20. The van der Waals surface area contributed by atoms with Crippen LogP contribution < -0.4 is 14.2 Å². The van der Waals surface area contributed by atoms with E-state index in [0.717, 1.165) is 12.1 Å². The van der Waals surface area contributed by atoms with Gasteiger partial charge in [-0.15, -0.1) is 0 Å². The van der Waals surface area contributed by atoms with Gasteiger partial charge in [-0.25, -0.2) is 25.9 Å². The molecule has 2 N–H and O–H groups in total. The van der Waals surface area contributed by atoms with Crippen molar-refractivity contribution in [3.8, 4) is 5.75 Å². The number of ether oxygens (including phenoxy) is 1. The van der Waals surface area contributed by atoms with Gasteiger partial charge in [0.05, 0.1) is 23.4 Å². The summed E-state index contributed by atoms with van der Waals surface area (Å²) in [5.41, 5.74) is -0.289. The van der Waals surface area contributed by atoms with Gasteiger partial charge >= 0.3 is 0 Å². The van der Waals surface area contributed by atoms with Gasteiger partial charge in [-0.2, -0.15) is 0 Å². The van der Waals surface area contributed by atoms with Crippen LogP contribution >= 0.6 is 11.6 Å². The molecule has 154 valence electrons. The second-order valence-corrected chi connectivity index (χ2v) is 10.0. The molecule has 0 aliphatic carbocycles. The van der Waals surface area contributed by atoms with E-state index >= 15 is 0 Å².